The maximum absolute atomic E-state index is 4.42. The van der Waals surface area contributed by atoms with Crippen molar-refractivity contribution in [3.63, 3.8) is 0 Å². The molecule has 0 spiro atoms. The van der Waals surface area contributed by atoms with Crippen LogP contribution in [0.2, 0.25) is 0 Å². The maximum Gasteiger partial charge on any atom is 0.209 e. The molecule has 28 heavy (non-hydrogen) atoms. The van der Waals surface area contributed by atoms with E-state index in [1.165, 1.54) is 37.3 Å². The summed E-state index contributed by atoms with van der Waals surface area (Å²) in [6.07, 6.45) is 1.05. The van der Waals surface area contributed by atoms with Gasteiger partial charge in [0, 0.05) is 12.0 Å². The first kappa shape index (κ1) is 18.8. The lowest BCUT2D eigenvalue weighted by Crippen LogP contribution is -3.27. The lowest BCUT2D eigenvalue weighted by molar-refractivity contribution is -1.03. The number of rotatable bonds is 7. The smallest absolute Gasteiger partial charge is 0.209 e. The zero-order valence-corrected chi connectivity index (χ0v) is 16.6. The maximum atomic E-state index is 4.42. The van der Waals surface area contributed by atoms with Crippen LogP contribution in [-0.4, -0.2) is 46.4 Å². The van der Waals surface area contributed by atoms with Gasteiger partial charge in [0.1, 0.15) is 38.8 Å². The summed E-state index contributed by atoms with van der Waals surface area (Å²) in [6.45, 7) is 8.83. The third kappa shape index (κ3) is 4.46. The van der Waals surface area contributed by atoms with E-state index in [2.05, 4.69) is 77.0 Å². The van der Waals surface area contributed by atoms with E-state index >= 15 is 0 Å². The van der Waals surface area contributed by atoms with Gasteiger partial charge in [-0.05, 0) is 16.0 Å². The van der Waals surface area contributed by atoms with Crippen molar-refractivity contribution in [2.45, 2.75) is 32.5 Å². The fraction of sp³-hybridized carbons (Fsp3) is 0.409. The van der Waals surface area contributed by atoms with E-state index in [1.54, 1.807) is 9.80 Å². The van der Waals surface area contributed by atoms with Crippen LogP contribution in [0.1, 0.15) is 36.3 Å². The van der Waals surface area contributed by atoms with Crippen molar-refractivity contribution in [3.8, 4) is 0 Å². The van der Waals surface area contributed by atoms with Gasteiger partial charge in [-0.25, -0.2) is 4.68 Å². The van der Waals surface area contributed by atoms with E-state index in [1.807, 2.05) is 10.7 Å². The summed E-state index contributed by atoms with van der Waals surface area (Å²) in [5, 5.41) is 12.7. The van der Waals surface area contributed by atoms with Gasteiger partial charge in [0.2, 0.25) is 5.82 Å². The highest BCUT2D eigenvalue weighted by atomic mass is 15.6. The second-order valence-corrected chi connectivity index (χ2v) is 7.71. The van der Waals surface area contributed by atoms with Crippen LogP contribution in [0.25, 0.3) is 0 Å². The third-order valence-electron chi connectivity index (χ3n) is 5.84. The first-order valence-electron chi connectivity index (χ1n) is 10.4. The third-order valence-corrected chi connectivity index (χ3v) is 5.84. The van der Waals surface area contributed by atoms with Gasteiger partial charge in [-0.1, -0.05) is 67.6 Å². The van der Waals surface area contributed by atoms with Crippen molar-refractivity contribution in [3.05, 3.63) is 77.6 Å². The molecular weight excluding hydrogens is 348 g/mol. The van der Waals surface area contributed by atoms with Gasteiger partial charge in [0.25, 0.3) is 0 Å². The van der Waals surface area contributed by atoms with Crippen molar-refractivity contribution in [1.29, 1.82) is 0 Å². The molecule has 1 aliphatic heterocycles. The Morgan fingerprint density at radius 2 is 1.54 bits per heavy atom. The number of quaternary nitrogens is 2. The Hall–Kier alpha value is -2.57. The number of aromatic nitrogens is 4. The summed E-state index contributed by atoms with van der Waals surface area (Å²) in [4.78, 5) is 3.29. The fourth-order valence-electron chi connectivity index (χ4n) is 4.32. The highest BCUT2D eigenvalue weighted by molar-refractivity contribution is 5.15. The molecule has 2 heterocycles. The zero-order valence-electron chi connectivity index (χ0n) is 16.6. The largest absolute Gasteiger partial charge is 0.322 e. The van der Waals surface area contributed by atoms with Crippen molar-refractivity contribution < 1.29 is 9.80 Å². The van der Waals surface area contributed by atoms with Gasteiger partial charge in [-0.2, -0.15) is 0 Å². The predicted molar refractivity (Wildman–Crippen MR) is 108 cm³/mol. The SMILES string of the molecule is CC[C@@H](c1nnnn1Cc1ccccc1)[NH+]1CC[NH+](Cc2ccccc2)CC1. The molecule has 2 N–H and O–H groups in total. The first-order chi connectivity index (χ1) is 13.8. The van der Waals surface area contributed by atoms with Crippen LogP contribution < -0.4 is 9.80 Å². The quantitative estimate of drug-likeness (QED) is 0.616. The summed E-state index contributed by atoms with van der Waals surface area (Å²) in [6, 6.07) is 21.6. The van der Waals surface area contributed by atoms with Gasteiger partial charge < -0.3 is 9.80 Å². The Balaban J connectivity index is 1.39. The van der Waals surface area contributed by atoms with E-state index in [4.69, 9.17) is 0 Å². The number of tetrazole rings is 1. The minimum Gasteiger partial charge on any atom is -0.322 e. The number of hydrogen-bond donors (Lipinski definition) is 2. The highest BCUT2D eigenvalue weighted by Crippen LogP contribution is 2.11. The number of nitrogens with one attached hydrogen (secondary N) is 2. The van der Waals surface area contributed by atoms with Crippen molar-refractivity contribution in [2.24, 2.45) is 0 Å². The van der Waals surface area contributed by atoms with Crippen LogP contribution in [0.5, 0.6) is 0 Å². The zero-order chi connectivity index (χ0) is 19.2. The topological polar surface area (TPSA) is 52.5 Å². The number of nitrogens with zero attached hydrogens (tertiary/aromatic N) is 4. The predicted octanol–water partition coefficient (Wildman–Crippen LogP) is 0.156. The molecule has 1 fully saturated rings. The molecule has 1 saturated heterocycles. The molecule has 0 bridgehead atoms. The molecule has 4 rings (SSSR count). The van der Waals surface area contributed by atoms with Crippen LogP contribution in [0.3, 0.4) is 0 Å². The molecule has 2 aromatic carbocycles. The second kappa shape index (κ2) is 9.08. The van der Waals surface area contributed by atoms with E-state index < -0.39 is 0 Å². The molecule has 0 radical (unpaired) electrons. The van der Waals surface area contributed by atoms with Gasteiger partial charge in [-0.3, -0.25) is 0 Å². The Kier molecular flexibility index (Phi) is 6.09. The Bertz CT molecular complexity index is 840. The molecule has 0 unspecified atom stereocenters. The van der Waals surface area contributed by atoms with Gasteiger partial charge >= 0.3 is 0 Å². The fourth-order valence-corrected chi connectivity index (χ4v) is 4.32. The molecule has 1 atom stereocenters. The second-order valence-electron chi connectivity index (χ2n) is 7.71. The van der Waals surface area contributed by atoms with Gasteiger partial charge in [-0.15, -0.1) is 5.10 Å². The average molecular weight is 379 g/mol. The number of hydrogen-bond acceptors (Lipinski definition) is 3. The average Bonchev–Trinajstić information content (AvgIpc) is 3.19. The lowest BCUT2D eigenvalue weighted by atomic mass is 10.1. The van der Waals surface area contributed by atoms with Crippen molar-refractivity contribution >= 4 is 0 Å². The minimum absolute atomic E-state index is 0.358. The summed E-state index contributed by atoms with van der Waals surface area (Å²) in [5.41, 5.74) is 2.66. The molecule has 146 valence electrons. The number of piperazine rings is 1. The molecule has 0 amide bonds. The van der Waals surface area contributed by atoms with E-state index in [9.17, 15) is 0 Å². The van der Waals surface area contributed by atoms with Crippen LogP contribution in [-0.2, 0) is 13.1 Å². The molecule has 0 saturated carbocycles. The summed E-state index contributed by atoms with van der Waals surface area (Å²) in [7, 11) is 0. The van der Waals surface area contributed by atoms with E-state index in [0.717, 1.165) is 25.3 Å². The highest BCUT2D eigenvalue weighted by Gasteiger charge is 2.33. The molecular formula is C22H30N6+2. The van der Waals surface area contributed by atoms with Gasteiger partial charge in [0.05, 0.1) is 6.54 Å². The van der Waals surface area contributed by atoms with Crippen molar-refractivity contribution in [2.75, 3.05) is 26.2 Å². The lowest BCUT2D eigenvalue weighted by Gasteiger charge is -2.33. The molecule has 1 aliphatic rings. The summed E-state index contributed by atoms with van der Waals surface area (Å²) in [5.74, 6) is 1.02. The van der Waals surface area contributed by atoms with Crippen LogP contribution in [0, 0.1) is 0 Å². The van der Waals surface area contributed by atoms with Crippen LogP contribution >= 0.6 is 0 Å². The summed E-state index contributed by atoms with van der Waals surface area (Å²) < 4.78 is 1.99. The number of benzene rings is 2. The summed E-state index contributed by atoms with van der Waals surface area (Å²) >= 11 is 0. The molecule has 6 nitrogen and oxygen atoms in total. The first-order valence-corrected chi connectivity index (χ1v) is 10.4. The molecule has 6 heteroatoms. The molecule has 1 aromatic heterocycles. The normalized spacial score (nSPS) is 20.8. The van der Waals surface area contributed by atoms with Crippen LogP contribution in [0.15, 0.2) is 60.7 Å². The van der Waals surface area contributed by atoms with E-state index in [-0.39, 0.29) is 0 Å². The van der Waals surface area contributed by atoms with Gasteiger partial charge in [0.15, 0.2) is 0 Å². The monoisotopic (exact) mass is 378 g/mol. The minimum atomic E-state index is 0.358. The van der Waals surface area contributed by atoms with Crippen molar-refractivity contribution in [1.82, 2.24) is 20.2 Å². The Labute approximate surface area is 166 Å². The Morgan fingerprint density at radius 1 is 0.893 bits per heavy atom. The molecule has 0 aliphatic carbocycles. The van der Waals surface area contributed by atoms with E-state index in [0.29, 0.717) is 6.04 Å². The van der Waals surface area contributed by atoms with Crippen LogP contribution in [0.4, 0.5) is 0 Å². The molecule has 3 aromatic rings. The standard InChI is InChI=1S/C22H28N6/c1-2-21(22-23-24-25-28(22)18-20-11-7-4-8-12-20)27-15-13-26(14-16-27)17-19-9-5-3-6-10-19/h3-12,21H,2,13-18H2,1H3/p+2/t21-/m0/s1. The Morgan fingerprint density at radius 3 is 2.18 bits per heavy atom.